The van der Waals surface area contributed by atoms with Crippen LogP contribution in [0.3, 0.4) is 0 Å². The summed E-state index contributed by atoms with van der Waals surface area (Å²) in [5, 5.41) is 8.63. The normalized spacial score (nSPS) is 17.0. The second-order valence-corrected chi connectivity index (χ2v) is 4.13. The summed E-state index contributed by atoms with van der Waals surface area (Å²) in [6.07, 6.45) is 1.85. The topological polar surface area (TPSA) is 87.6 Å². The predicted octanol–water partition coefficient (Wildman–Crippen LogP) is 0.399. The van der Waals surface area contributed by atoms with Gasteiger partial charge < -0.3 is 5.11 Å². The van der Waals surface area contributed by atoms with Crippen molar-refractivity contribution in [3.8, 4) is 0 Å². The van der Waals surface area contributed by atoms with Gasteiger partial charge in [0.05, 0.1) is 0 Å². The van der Waals surface area contributed by atoms with Crippen LogP contribution in [0.2, 0.25) is 0 Å². The molecule has 0 radical (unpaired) electrons. The van der Waals surface area contributed by atoms with Crippen LogP contribution in [0.1, 0.15) is 24.5 Å². The minimum absolute atomic E-state index is 0.121. The third-order valence-electron chi connectivity index (χ3n) is 2.84. The number of carboxylic acids is 1. The van der Waals surface area contributed by atoms with Crippen molar-refractivity contribution in [3.05, 3.63) is 30.1 Å². The zero-order valence-corrected chi connectivity index (χ0v) is 9.57. The van der Waals surface area contributed by atoms with E-state index in [2.05, 4.69) is 4.98 Å². The predicted molar refractivity (Wildman–Crippen MR) is 60.6 cm³/mol. The number of carbonyl (C=O) groups excluding carboxylic acids is 2. The molecule has 1 fully saturated rings. The van der Waals surface area contributed by atoms with Crippen molar-refractivity contribution in [1.82, 2.24) is 9.88 Å². The Balaban J connectivity index is 2.12. The summed E-state index contributed by atoms with van der Waals surface area (Å²) in [5.41, 5.74) is 0.689. The summed E-state index contributed by atoms with van der Waals surface area (Å²) in [6, 6.07) is 5.31. The van der Waals surface area contributed by atoms with E-state index < -0.39 is 24.3 Å². The molecule has 1 aliphatic rings. The first-order valence-corrected chi connectivity index (χ1v) is 5.54. The number of hydrogen-bond donors (Lipinski definition) is 1. The van der Waals surface area contributed by atoms with Crippen LogP contribution in [0.25, 0.3) is 0 Å². The Hall–Kier alpha value is -2.24. The molecule has 1 aromatic rings. The van der Waals surface area contributed by atoms with Gasteiger partial charge in [-0.15, -0.1) is 0 Å². The highest BCUT2D eigenvalue weighted by atomic mass is 16.4. The van der Waals surface area contributed by atoms with E-state index in [0.29, 0.717) is 5.69 Å². The summed E-state index contributed by atoms with van der Waals surface area (Å²) in [5.74, 6) is -2.35. The fourth-order valence-electron chi connectivity index (χ4n) is 1.99. The van der Waals surface area contributed by atoms with Crippen LogP contribution in [-0.4, -0.2) is 39.3 Å². The quantitative estimate of drug-likeness (QED) is 0.782. The molecule has 6 nitrogen and oxygen atoms in total. The van der Waals surface area contributed by atoms with Gasteiger partial charge in [0.25, 0.3) is 0 Å². The largest absolute Gasteiger partial charge is 0.480 e. The summed E-state index contributed by atoms with van der Waals surface area (Å²) in [6.45, 7) is -0.563. The number of likely N-dealkylation sites (tertiary alicyclic amines) is 1. The molecule has 18 heavy (non-hydrogen) atoms. The van der Waals surface area contributed by atoms with Gasteiger partial charge in [-0.25, -0.2) is 0 Å². The number of aromatic nitrogens is 1. The number of imide groups is 1. The Labute approximate surface area is 103 Å². The number of amides is 2. The molecule has 0 aliphatic carbocycles. The zero-order valence-electron chi connectivity index (χ0n) is 9.57. The molecule has 0 bridgehead atoms. The lowest BCUT2D eigenvalue weighted by atomic mass is 9.92. The van der Waals surface area contributed by atoms with Crippen molar-refractivity contribution in [1.29, 1.82) is 0 Å². The van der Waals surface area contributed by atoms with E-state index in [1.807, 2.05) is 0 Å². The Morgan fingerprint density at radius 3 is 2.50 bits per heavy atom. The number of aliphatic carboxylic acids is 1. The van der Waals surface area contributed by atoms with Gasteiger partial charge >= 0.3 is 5.97 Å². The molecular weight excluding hydrogens is 236 g/mol. The standard InChI is InChI=1S/C12H12N2O4/c15-10-5-8(9-3-1-2-4-13-9)6-11(16)14(10)7-12(17)18/h1-4,8H,5-7H2,(H,17,18). The zero-order chi connectivity index (χ0) is 13.1. The number of carboxylic acid groups (broad SMARTS) is 1. The van der Waals surface area contributed by atoms with Crippen LogP contribution >= 0.6 is 0 Å². The number of rotatable bonds is 3. The van der Waals surface area contributed by atoms with Gasteiger partial charge in [-0.1, -0.05) is 6.07 Å². The molecule has 6 heteroatoms. The lowest BCUT2D eigenvalue weighted by molar-refractivity contribution is -0.155. The maximum Gasteiger partial charge on any atom is 0.323 e. The van der Waals surface area contributed by atoms with Gasteiger partial charge in [0, 0.05) is 30.7 Å². The fourth-order valence-corrected chi connectivity index (χ4v) is 1.99. The van der Waals surface area contributed by atoms with Crippen LogP contribution in [0.15, 0.2) is 24.4 Å². The number of hydrogen-bond acceptors (Lipinski definition) is 4. The molecule has 2 amide bonds. The summed E-state index contributed by atoms with van der Waals surface area (Å²) >= 11 is 0. The number of pyridine rings is 1. The minimum atomic E-state index is -1.19. The van der Waals surface area contributed by atoms with Gasteiger partial charge in [-0.2, -0.15) is 0 Å². The number of nitrogens with zero attached hydrogens (tertiary/aromatic N) is 2. The SMILES string of the molecule is O=C(O)CN1C(=O)CC(c2ccccn2)CC1=O. The van der Waals surface area contributed by atoms with E-state index in [-0.39, 0.29) is 18.8 Å². The van der Waals surface area contributed by atoms with Gasteiger partial charge in [-0.3, -0.25) is 24.3 Å². The molecule has 0 spiro atoms. The van der Waals surface area contributed by atoms with Crippen molar-refractivity contribution in [2.45, 2.75) is 18.8 Å². The first-order valence-electron chi connectivity index (χ1n) is 5.54. The molecule has 2 rings (SSSR count). The summed E-state index contributed by atoms with van der Waals surface area (Å²) < 4.78 is 0. The molecular formula is C12H12N2O4. The Kier molecular flexibility index (Phi) is 3.36. The minimum Gasteiger partial charge on any atom is -0.480 e. The van der Waals surface area contributed by atoms with Crippen molar-refractivity contribution in [2.75, 3.05) is 6.54 Å². The average Bonchev–Trinajstić information content (AvgIpc) is 2.34. The molecule has 1 aliphatic heterocycles. The van der Waals surface area contributed by atoms with Crippen molar-refractivity contribution in [3.63, 3.8) is 0 Å². The highest BCUT2D eigenvalue weighted by Crippen LogP contribution is 2.27. The molecule has 0 aromatic carbocycles. The first-order chi connectivity index (χ1) is 8.58. The van der Waals surface area contributed by atoms with E-state index in [0.717, 1.165) is 4.90 Å². The smallest absolute Gasteiger partial charge is 0.323 e. The lowest BCUT2D eigenvalue weighted by Gasteiger charge is -2.28. The summed E-state index contributed by atoms with van der Waals surface area (Å²) in [7, 11) is 0. The van der Waals surface area contributed by atoms with Crippen LogP contribution < -0.4 is 0 Å². The molecule has 1 N–H and O–H groups in total. The second-order valence-electron chi connectivity index (χ2n) is 4.13. The highest BCUT2D eigenvalue weighted by molar-refractivity contribution is 6.00. The Morgan fingerprint density at radius 2 is 2.00 bits per heavy atom. The average molecular weight is 248 g/mol. The number of piperidine rings is 1. The van der Waals surface area contributed by atoms with E-state index in [1.165, 1.54) is 0 Å². The van der Waals surface area contributed by atoms with Crippen molar-refractivity contribution < 1.29 is 19.5 Å². The van der Waals surface area contributed by atoms with Crippen LogP contribution in [-0.2, 0) is 14.4 Å². The molecule has 0 atom stereocenters. The van der Waals surface area contributed by atoms with Crippen molar-refractivity contribution >= 4 is 17.8 Å². The van der Waals surface area contributed by atoms with Gasteiger partial charge in [0.1, 0.15) is 6.54 Å². The van der Waals surface area contributed by atoms with E-state index in [1.54, 1.807) is 24.4 Å². The number of carbonyl (C=O) groups is 3. The van der Waals surface area contributed by atoms with Gasteiger partial charge in [-0.05, 0) is 12.1 Å². The van der Waals surface area contributed by atoms with Crippen LogP contribution in [0.4, 0.5) is 0 Å². The maximum atomic E-state index is 11.7. The monoisotopic (exact) mass is 248 g/mol. The lowest BCUT2D eigenvalue weighted by Crippen LogP contribution is -2.45. The molecule has 1 aromatic heterocycles. The molecule has 0 saturated carbocycles. The molecule has 2 heterocycles. The highest BCUT2D eigenvalue weighted by Gasteiger charge is 2.34. The molecule has 0 unspecified atom stereocenters. The Morgan fingerprint density at radius 1 is 1.33 bits per heavy atom. The first kappa shape index (κ1) is 12.2. The van der Waals surface area contributed by atoms with Gasteiger partial charge in [0.2, 0.25) is 11.8 Å². The maximum absolute atomic E-state index is 11.7. The van der Waals surface area contributed by atoms with Crippen LogP contribution in [0, 0.1) is 0 Å². The van der Waals surface area contributed by atoms with Crippen LogP contribution in [0.5, 0.6) is 0 Å². The third-order valence-corrected chi connectivity index (χ3v) is 2.84. The van der Waals surface area contributed by atoms with E-state index in [9.17, 15) is 14.4 Å². The third kappa shape index (κ3) is 2.53. The Bertz CT molecular complexity index is 468. The van der Waals surface area contributed by atoms with Gasteiger partial charge in [0.15, 0.2) is 0 Å². The fraction of sp³-hybridized carbons (Fsp3) is 0.333. The molecule has 94 valence electrons. The van der Waals surface area contributed by atoms with E-state index in [4.69, 9.17) is 5.11 Å². The van der Waals surface area contributed by atoms with E-state index >= 15 is 0 Å². The molecule has 1 saturated heterocycles. The second kappa shape index (κ2) is 4.95. The van der Waals surface area contributed by atoms with Crippen molar-refractivity contribution in [2.24, 2.45) is 0 Å². The summed E-state index contributed by atoms with van der Waals surface area (Å²) in [4.78, 5) is 38.9.